The van der Waals surface area contributed by atoms with Crippen LogP contribution in [0.15, 0.2) is 54.7 Å². The molecule has 2 aromatic carbocycles. The molecule has 1 N–H and O–H groups in total. The molecule has 9 heteroatoms. The van der Waals surface area contributed by atoms with E-state index in [1.54, 1.807) is 6.07 Å². The number of nitrogens with zero attached hydrogens (tertiary/aromatic N) is 2. The lowest BCUT2D eigenvalue weighted by atomic mass is 10.1. The standard InChI is InChI=1S/C21H15Cl2F2N3O2/c1-12(29)28(16-4-2-3-13(24)7-16)20-10-15(5-6-26-20)27-21(30)11-17-18(22)8-14(25)9-19(17)23/h2-10H,11H2,1H3,(H,26,27,30). The molecule has 154 valence electrons. The Bertz CT molecular complexity index is 1100. The molecule has 3 rings (SSSR count). The number of hydrogen-bond donors (Lipinski definition) is 1. The quantitative estimate of drug-likeness (QED) is 0.556. The SMILES string of the molecule is CC(=O)N(c1cccc(F)c1)c1cc(NC(=O)Cc2c(Cl)cc(F)cc2Cl)ccn1. The number of halogens is 4. The average molecular weight is 450 g/mol. The van der Waals surface area contributed by atoms with Crippen molar-refractivity contribution in [1.29, 1.82) is 0 Å². The van der Waals surface area contributed by atoms with Crippen LogP contribution in [0.3, 0.4) is 0 Å². The van der Waals surface area contributed by atoms with Crippen molar-refractivity contribution in [3.63, 3.8) is 0 Å². The van der Waals surface area contributed by atoms with Crippen LogP contribution in [0, 0.1) is 11.6 Å². The maximum Gasteiger partial charge on any atom is 0.229 e. The van der Waals surface area contributed by atoms with Gasteiger partial charge in [-0.05, 0) is 42.0 Å². The Morgan fingerprint density at radius 3 is 2.37 bits per heavy atom. The van der Waals surface area contributed by atoms with E-state index in [-0.39, 0.29) is 33.8 Å². The fraction of sp³-hybridized carbons (Fsp3) is 0.0952. The van der Waals surface area contributed by atoms with Gasteiger partial charge in [0.25, 0.3) is 0 Å². The maximum atomic E-state index is 13.6. The number of nitrogens with one attached hydrogen (secondary N) is 1. The first-order valence-corrected chi connectivity index (χ1v) is 9.46. The monoisotopic (exact) mass is 449 g/mol. The highest BCUT2D eigenvalue weighted by molar-refractivity contribution is 6.36. The number of amides is 2. The van der Waals surface area contributed by atoms with Crippen molar-refractivity contribution < 1.29 is 18.4 Å². The third-order valence-electron chi connectivity index (χ3n) is 4.08. The molecule has 0 fully saturated rings. The van der Waals surface area contributed by atoms with Crippen molar-refractivity contribution >= 4 is 52.2 Å². The van der Waals surface area contributed by atoms with Crippen molar-refractivity contribution in [3.05, 3.63) is 82.0 Å². The fourth-order valence-electron chi connectivity index (χ4n) is 2.82. The van der Waals surface area contributed by atoms with Crippen LogP contribution < -0.4 is 10.2 Å². The molecule has 0 unspecified atom stereocenters. The predicted molar refractivity (Wildman–Crippen MR) is 112 cm³/mol. The van der Waals surface area contributed by atoms with E-state index in [4.69, 9.17) is 23.2 Å². The summed E-state index contributed by atoms with van der Waals surface area (Å²) in [7, 11) is 0. The number of carbonyl (C=O) groups is 2. The Morgan fingerprint density at radius 2 is 1.73 bits per heavy atom. The van der Waals surface area contributed by atoms with E-state index < -0.39 is 17.5 Å². The molecule has 0 saturated carbocycles. The molecule has 5 nitrogen and oxygen atoms in total. The van der Waals surface area contributed by atoms with Gasteiger partial charge in [-0.25, -0.2) is 13.8 Å². The Morgan fingerprint density at radius 1 is 1.03 bits per heavy atom. The van der Waals surface area contributed by atoms with Crippen molar-refractivity contribution in [2.45, 2.75) is 13.3 Å². The Labute approximate surface area is 181 Å². The normalized spacial score (nSPS) is 10.6. The Kier molecular flexibility index (Phi) is 6.64. The Hall–Kier alpha value is -3.03. The zero-order valence-corrected chi connectivity index (χ0v) is 17.1. The smallest absolute Gasteiger partial charge is 0.229 e. The summed E-state index contributed by atoms with van der Waals surface area (Å²) in [6, 6.07) is 10.6. The van der Waals surface area contributed by atoms with E-state index in [2.05, 4.69) is 10.3 Å². The molecule has 2 amide bonds. The minimum absolute atomic E-state index is 0.0411. The van der Waals surface area contributed by atoms with Gasteiger partial charge in [-0.2, -0.15) is 0 Å². The number of rotatable bonds is 5. The van der Waals surface area contributed by atoms with Crippen LogP contribution in [0.4, 0.5) is 26.0 Å². The Balaban J connectivity index is 1.83. The summed E-state index contributed by atoms with van der Waals surface area (Å²) in [5.41, 5.74) is 0.932. The minimum atomic E-state index is -0.602. The van der Waals surface area contributed by atoms with E-state index in [1.165, 1.54) is 48.4 Å². The summed E-state index contributed by atoms with van der Waals surface area (Å²) in [6.45, 7) is 1.32. The summed E-state index contributed by atoms with van der Waals surface area (Å²) in [4.78, 5) is 29.9. The van der Waals surface area contributed by atoms with Crippen LogP contribution in [0.1, 0.15) is 12.5 Å². The molecule has 30 heavy (non-hydrogen) atoms. The molecule has 0 atom stereocenters. The molecule has 1 aromatic heterocycles. The number of hydrogen-bond acceptors (Lipinski definition) is 3. The predicted octanol–water partition coefficient (Wildman–Crippen LogP) is 5.53. The van der Waals surface area contributed by atoms with E-state index in [1.807, 2.05) is 0 Å². The molecule has 0 bridgehead atoms. The summed E-state index contributed by atoms with van der Waals surface area (Å²) < 4.78 is 26.9. The number of carbonyl (C=O) groups excluding carboxylic acids is 2. The lowest BCUT2D eigenvalue weighted by Crippen LogP contribution is -2.24. The van der Waals surface area contributed by atoms with Gasteiger partial charge in [-0.3, -0.25) is 14.5 Å². The van der Waals surface area contributed by atoms with Crippen molar-refractivity contribution in [3.8, 4) is 0 Å². The van der Waals surface area contributed by atoms with Gasteiger partial charge < -0.3 is 5.32 Å². The number of benzene rings is 2. The highest BCUT2D eigenvalue weighted by Gasteiger charge is 2.18. The van der Waals surface area contributed by atoms with Crippen LogP contribution in [0.5, 0.6) is 0 Å². The molecule has 1 heterocycles. The molecular formula is C21H15Cl2F2N3O2. The van der Waals surface area contributed by atoms with E-state index in [9.17, 15) is 18.4 Å². The first-order chi connectivity index (χ1) is 14.2. The maximum absolute atomic E-state index is 13.6. The number of aromatic nitrogens is 1. The van der Waals surface area contributed by atoms with Gasteiger partial charge in [-0.1, -0.05) is 29.3 Å². The van der Waals surface area contributed by atoms with Crippen LogP contribution in [-0.2, 0) is 16.0 Å². The molecule has 0 aliphatic heterocycles. The second-order valence-corrected chi connectivity index (χ2v) is 7.12. The van der Waals surface area contributed by atoms with Crippen molar-refractivity contribution in [2.75, 3.05) is 10.2 Å². The topological polar surface area (TPSA) is 62.3 Å². The van der Waals surface area contributed by atoms with Gasteiger partial charge in [0.1, 0.15) is 17.5 Å². The van der Waals surface area contributed by atoms with Crippen LogP contribution in [-0.4, -0.2) is 16.8 Å². The van der Waals surface area contributed by atoms with Crippen LogP contribution in [0.2, 0.25) is 10.0 Å². The molecular weight excluding hydrogens is 435 g/mol. The highest BCUT2D eigenvalue weighted by atomic mass is 35.5. The lowest BCUT2D eigenvalue weighted by molar-refractivity contribution is -0.116. The molecule has 0 aliphatic rings. The van der Waals surface area contributed by atoms with Gasteiger partial charge >= 0.3 is 0 Å². The average Bonchev–Trinajstić information content (AvgIpc) is 2.65. The van der Waals surface area contributed by atoms with Crippen molar-refractivity contribution in [1.82, 2.24) is 4.98 Å². The van der Waals surface area contributed by atoms with Crippen LogP contribution >= 0.6 is 23.2 Å². The lowest BCUT2D eigenvalue weighted by Gasteiger charge is -2.21. The summed E-state index contributed by atoms with van der Waals surface area (Å²) in [5, 5.41) is 2.74. The third kappa shape index (κ3) is 5.11. The van der Waals surface area contributed by atoms with Gasteiger partial charge in [0.15, 0.2) is 0 Å². The number of pyridine rings is 1. The minimum Gasteiger partial charge on any atom is -0.326 e. The van der Waals surface area contributed by atoms with Crippen LogP contribution in [0.25, 0.3) is 0 Å². The summed E-state index contributed by atoms with van der Waals surface area (Å²) >= 11 is 11.9. The number of anilines is 3. The highest BCUT2D eigenvalue weighted by Crippen LogP contribution is 2.28. The summed E-state index contributed by atoms with van der Waals surface area (Å²) in [5.74, 6) is -1.75. The molecule has 0 saturated heterocycles. The van der Waals surface area contributed by atoms with Gasteiger partial charge in [0, 0.05) is 34.9 Å². The van der Waals surface area contributed by atoms with Gasteiger partial charge in [0.2, 0.25) is 11.8 Å². The van der Waals surface area contributed by atoms with Gasteiger partial charge in [-0.15, -0.1) is 0 Å². The second-order valence-electron chi connectivity index (χ2n) is 6.31. The summed E-state index contributed by atoms with van der Waals surface area (Å²) in [6.07, 6.45) is 1.22. The first-order valence-electron chi connectivity index (χ1n) is 8.70. The third-order valence-corrected chi connectivity index (χ3v) is 4.76. The second kappa shape index (κ2) is 9.19. The molecule has 0 aliphatic carbocycles. The molecule has 0 radical (unpaired) electrons. The van der Waals surface area contributed by atoms with E-state index in [0.717, 1.165) is 12.1 Å². The van der Waals surface area contributed by atoms with E-state index >= 15 is 0 Å². The van der Waals surface area contributed by atoms with E-state index in [0.29, 0.717) is 11.4 Å². The zero-order chi connectivity index (χ0) is 21.8. The van der Waals surface area contributed by atoms with Crippen molar-refractivity contribution in [2.24, 2.45) is 0 Å². The van der Waals surface area contributed by atoms with Gasteiger partial charge in [0.05, 0.1) is 12.1 Å². The largest absolute Gasteiger partial charge is 0.326 e. The molecule has 0 spiro atoms. The zero-order valence-electron chi connectivity index (χ0n) is 15.6. The fourth-order valence-corrected chi connectivity index (χ4v) is 3.41. The first kappa shape index (κ1) is 21.7. The molecule has 3 aromatic rings.